The molecule has 1 heteroatoms. The highest BCUT2D eigenvalue weighted by molar-refractivity contribution is 6.19. The van der Waals surface area contributed by atoms with Crippen LogP contribution >= 0.6 is 11.6 Å². The van der Waals surface area contributed by atoms with Gasteiger partial charge >= 0.3 is 0 Å². The molecule has 0 aromatic heterocycles. The number of hydrogen-bond acceptors (Lipinski definition) is 0. The van der Waals surface area contributed by atoms with Crippen LogP contribution < -0.4 is 0 Å². The molecule has 0 bridgehead atoms. The molecule has 0 rings (SSSR count). The molecule has 0 spiro atoms. The minimum atomic E-state index is 0.538. The van der Waals surface area contributed by atoms with Crippen molar-refractivity contribution < 1.29 is 0 Å². The molecule has 0 unspecified atom stereocenters. The van der Waals surface area contributed by atoms with Crippen molar-refractivity contribution in [2.75, 3.05) is 5.88 Å². The Morgan fingerprint density at radius 2 is 2.00 bits per heavy atom. The van der Waals surface area contributed by atoms with E-state index in [2.05, 4.69) is 19.4 Å². The third-order valence-corrected chi connectivity index (χ3v) is 1.47. The summed E-state index contributed by atoms with van der Waals surface area (Å²) in [6, 6.07) is 0. The SMILES string of the molecule is C#C.C=C(CCl)/C(C)=C\C. The summed E-state index contributed by atoms with van der Waals surface area (Å²) in [5.74, 6) is 0.538. The van der Waals surface area contributed by atoms with Gasteiger partial charge in [-0.2, -0.15) is 0 Å². The standard InChI is InChI=1S/C7H11Cl.C2H2/c1-4-6(2)7(3)5-8;1-2/h4H,3,5H2,1-2H3;1-2H/b6-4-;. The van der Waals surface area contributed by atoms with Gasteiger partial charge in [0.15, 0.2) is 0 Å². The summed E-state index contributed by atoms with van der Waals surface area (Å²) >= 11 is 5.49. The Bertz CT molecular complexity index is 140. The van der Waals surface area contributed by atoms with E-state index in [1.807, 2.05) is 19.9 Å². The quantitative estimate of drug-likeness (QED) is 0.328. The average molecular weight is 157 g/mol. The lowest BCUT2D eigenvalue weighted by atomic mass is 10.1. The van der Waals surface area contributed by atoms with Gasteiger partial charge in [-0.15, -0.1) is 24.4 Å². The zero-order chi connectivity index (χ0) is 8.57. The first-order valence-corrected chi connectivity index (χ1v) is 3.46. The predicted molar refractivity (Wildman–Crippen MR) is 49.2 cm³/mol. The predicted octanol–water partition coefficient (Wildman–Crippen LogP) is 3.00. The maximum atomic E-state index is 5.49. The van der Waals surface area contributed by atoms with Crippen LogP contribution in [0.4, 0.5) is 0 Å². The average Bonchev–Trinajstić information content (AvgIpc) is 2.05. The highest BCUT2D eigenvalue weighted by Gasteiger charge is 1.89. The normalized spacial score (nSPS) is 9.50. The molecule has 10 heavy (non-hydrogen) atoms. The second kappa shape index (κ2) is 8.33. The molecule has 0 radical (unpaired) electrons. The van der Waals surface area contributed by atoms with Gasteiger partial charge in [-0.3, -0.25) is 0 Å². The molecule has 0 aliphatic rings. The van der Waals surface area contributed by atoms with Crippen molar-refractivity contribution in [3.8, 4) is 12.8 Å². The molecule has 0 aromatic carbocycles. The van der Waals surface area contributed by atoms with Gasteiger partial charge in [-0.05, 0) is 19.4 Å². The van der Waals surface area contributed by atoms with Crippen LogP contribution in [0, 0.1) is 12.8 Å². The van der Waals surface area contributed by atoms with E-state index in [1.165, 1.54) is 5.57 Å². The second-order valence-electron chi connectivity index (χ2n) is 1.71. The zero-order valence-electron chi connectivity index (χ0n) is 6.52. The summed E-state index contributed by atoms with van der Waals surface area (Å²) in [7, 11) is 0. The minimum absolute atomic E-state index is 0.538. The first-order chi connectivity index (χ1) is 4.72. The highest BCUT2D eigenvalue weighted by Crippen LogP contribution is 2.06. The molecule has 56 valence electrons. The van der Waals surface area contributed by atoms with E-state index in [4.69, 9.17) is 11.6 Å². The van der Waals surface area contributed by atoms with Crippen LogP contribution in [0.5, 0.6) is 0 Å². The lowest BCUT2D eigenvalue weighted by molar-refractivity contribution is 1.35. The topological polar surface area (TPSA) is 0 Å². The second-order valence-corrected chi connectivity index (χ2v) is 1.98. The van der Waals surface area contributed by atoms with Crippen LogP contribution in [-0.4, -0.2) is 5.88 Å². The van der Waals surface area contributed by atoms with Gasteiger partial charge in [0.1, 0.15) is 0 Å². The molecule has 0 fully saturated rings. The number of allylic oxidation sites excluding steroid dienone is 3. The summed E-state index contributed by atoms with van der Waals surface area (Å²) in [5, 5.41) is 0. The Hall–Kier alpha value is -0.670. The molecule has 0 atom stereocenters. The number of rotatable bonds is 2. The van der Waals surface area contributed by atoms with Crippen LogP contribution in [0.2, 0.25) is 0 Å². The number of terminal acetylenes is 1. The molecular weight excluding hydrogens is 144 g/mol. The van der Waals surface area contributed by atoms with Crippen molar-refractivity contribution in [2.24, 2.45) is 0 Å². The molecule has 0 nitrogen and oxygen atoms in total. The van der Waals surface area contributed by atoms with Crippen LogP contribution in [0.25, 0.3) is 0 Å². The number of hydrogen-bond donors (Lipinski definition) is 0. The maximum Gasteiger partial charge on any atom is 0.0470 e. The lowest BCUT2D eigenvalue weighted by Gasteiger charge is -1.96. The Labute approximate surface area is 68.6 Å². The molecule has 0 saturated carbocycles. The van der Waals surface area contributed by atoms with Crippen LogP contribution in [0.15, 0.2) is 23.8 Å². The van der Waals surface area contributed by atoms with Gasteiger partial charge in [-0.1, -0.05) is 18.2 Å². The third kappa shape index (κ3) is 5.47. The minimum Gasteiger partial charge on any atom is -0.124 e. The van der Waals surface area contributed by atoms with E-state index in [0.29, 0.717) is 5.88 Å². The summed E-state index contributed by atoms with van der Waals surface area (Å²) in [6.45, 7) is 7.73. The van der Waals surface area contributed by atoms with Gasteiger partial charge in [0.2, 0.25) is 0 Å². The monoisotopic (exact) mass is 156 g/mol. The number of alkyl halides is 1. The largest absolute Gasteiger partial charge is 0.124 e. The molecule has 0 N–H and O–H groups in total. The molecule has 0 saturated heterocycles. The number of halogens is 1. The molecular formula is C9H13Cl. The first kappa shape index (κ1) is 12.0. The van der Waals surface area contributed by atoms with Gasteiger partial charge in [0, 0.05) is 5.88 Å². The smallest absolute Gasteiger partial charge is 0.0470 e. The highest BCUT2D eigenvalue weighted by atomic mass is 35.5. The van der Waals surface area contributed by atoms with Gasteiger partial charge < -0.3 is 0 Å². The van der Waals surface area contributed by atoms with Crippen LogP contribution in [0.1, 0.15) is 13.8 Å². The van der Waals surface area contributed by atoms with Crippen molar-refractivity contribution in [3.05, 3.63) is 23.8 Å². The Morgan fingerprint density at radius 1 is 1.60 bits per heavy atom. The Morgan fingerprint density at radius 3 is 2.10 bits per heavy atom. The van der Waals surface area contributed by atoms with Crippen LogP contribution in [0.3, 0.4) is 0 Å². The van der Waals surface area contributed by atoms with Crippen LogP contribution in [-0.2, 0) is 0 Å². The Kier molecular flexibility index (Phi) is 10.0. The fourth-order valence-corrected chi connectivity index (χ4v) is 0.520. The van der Waals surface area contributed by atoms with Crippen molar-refractivity contribution in [2.45, 2.75) is 13.8 Å². The fourth-order valence-electron chi connectivity index (χ4n) is 0.310. The van der Waals surface area contributed by atoms with Crippen molar-refractivity contribution in [1.82, 2.24) is 0 Å². The summed E-state index contributed by atoms with van der Waals surface area (Å²) in [6.07, 6.45) is 10.0. The fraction of sp³-hybridized carbons (Fsp3) is 0.333. The molecule has 0 amide bonds. The lowest BCUT2D eigenvalue weighted by Crippen LogP contribution is -1.82. The van der Waals surface area contributed by atoms with E-state index in [0.717, 1.165) is 5.57 Å². The van der Waals surface area contributed by atoms with Gasteiger partial charge in [0.05, 0.1) is 0 Å². The van der Waals surface area contributed by atoms with Crippen molar-refractivity contribution >= 4 is 11.6 Å². The van der Waals surface area contributed by atoms with E-state index in [-0.39, 0.29) is 0 Å². The summed E-state index contributed by atoms with van der Waals surface area (Å²) in [4.78, 5) is 0. The summed E-state index contributed by atoms with van der Waals surface area (Å²) in [5.41, 5.74) is 2.19. The van der Waals surface area contributed by atoms with E-state index in [1.54, 1.807) is 0 Å². The molecule has 0 aliphatic heterocycles. The van der Waals surface area contributed by atoms with E-state index >= 15 is 0 Å². The molecule has 0 heterocycles. The van der Waals surface area contributed by atoms with E-state index < -0.39 is 0 Å². The van der Waals surface area contributed by atoms with Crippen molar-refractivity contribution in [3.63, 3.8) is 0 Å². The van der Waals surface area contributed by atoms with Gasteiger partial charge in [0.25, 0.3) is 0 Å². The Balaban J connectivity index is 0. The third-order valence-electron chi connectivity index (χ3n) is 1.15. The molecule has 0 aromatic rings. The first-order valence-electron chi connectivity index (χ1n) is 2.92. The zero-order valence-corrected chi connectivity index (χ0v) is 7.28. The van der Waals surface area contributed by atoms with Gasteiger partial charge in [-0.25, -0.2) is 0 Å². The molecule has 0 aliphatic carbocycles. The maximum absolute atomic E-state index is 5.49. The van der Waals surface area contributed by atoms with Crippen molar-refractivity contribution in [1.29, 1.82) is 0 Å². The summed E-state index contributed by atoms with van der Waals surface area (Å²) < 4.78 is 0. The van der Waals surface area contributed by atoms with E-state index in [9.17, 15) is 0 Å².